The molecule has 3 heteroatoms. The fourth-order valence-electron chi connectivity index (χ4n) is 0.213. The summed E-state index contributed by atoms with van der Waals surface area (Å²) in [6.07, 6.45) is 0.916. The lowest BCUT2D eigenvalue weighted by Crippen LogP contribution is -1.70. The molecular formula is C4H8NOP. The molecule has 0 aromatic carbocycles. The Hall–Kier alpha value is -0.280. The highest BCUT2D eigenvalue weighted by molar-refractivity contribution is 7.44. The molecule has 0 radical (unpaired) electrons. The minimum absolute atomic E-state index is 0.251. The Morgan fingerprint density at radius 3 is 2.57 bits per heavy atom. The SMILES string of the molecule is CC[PH](=O)CC#N. The molecule has 0 N–H and O–H groups in total. The Morgan fingerprint density at radius 2 is 2.43 bits per heavy atom. The summed E-state index contributed by atoms with van der Waals surface area (Å²) >= 11 is 0. The van der Waals surface area contributed by atoms with Crippen molar-refractivity contribution >= 4 is 7.80 Å². The average molecular weight is 117 g/mol. The maximum atomic E-state index is 10.4. The van der Waals surface area contributed by atoms with E-state index in [9.17, 15) is 4.57 Å². The lowest BCUT2D eigenvalue weighted by molar-refractivity contribution is 0.590. The van der Waals surface area contributed by atoms with Crippen LogP contribution in [0, 0.1) is 11.3 Å². The number of hydrogen-bond acceptors (Lipinski definition) is 2. The minimum Gasteiger partial charge on any atom is -0.326 e. The molecule has 0 fully saturated rings. The molecule has 0 aliphatic heterocycles. The van der Waals surface area contributed by atoms with E-state index in [1.54, 1.807) is 0 Å². The van der Waals surface area contributed by atoms with E-state index >= 15 is 0 Å². The van der Waals surface area contributed by atoms with E-state index in [0.29, 0.717) is 6.16 Å². The predicted octanol–water partition coefficient (Wildman–Crippen LogP) is 1.09. The van der Waals surface area contributed by atoms with Crippen LogP contribution in [0.15, 0.2) is 0 Å². The zero-order valence-electron chi connectivity index (χ0n) is 4.27. The van der Waals surface area contributed by atoms with Crippen LogP contribution in [0.2, 0.25) is 0 Å². The second-order valence-corrected chi connectivity index (χ2v) is 3.37. The highest BCUT2D eigenvalue weighted by Gasteiger charge is 1.89. The predicted molar refractivity (Wildman–Crippen MR) is 30.0 cm³/mol. The van der Waals surface area contributed by atoms with Crippen LogP contribution < -0.4 is 0 Å². The molecule has 7 heavy (non-hydrogen) atoms. The first-order chi connectivity index (χ1) is 3.31. The van der Waals surface area contributed by atoms with Gasteiger partial charge in [0.25, 0.3) is 0 Å². The Bertz CT molecular complexity index is 105. The van der Waals surface area contributed by atoms with Gasteiger partial charge in [-0.3, -0.25) is 0 Å². The van der Waals surface area contributed by atoms with Gasteiger partial charge in [-0.25, -0.2) is 0 Å². The van der Waals surface area contributed by atoms with E-state index in [0.717, 1.165) is 0 Å². The summed E-state index contributed by atoms with van der Waals surface area (Å²) in [4.78, 5) is 0. The number of hydrogen-bond donors (Lipinski definition) is 0. The fraction of sp³-hybridized carbons (Fsp3) is 0.750. The number of nitrogens with zero attached hydrogens (tertiary/aromatic N) is 1. The van der Waals surface area contributed by atoms with Gasteiger partial charge in [0.2, 0.25) is 0 Å². The summed E-state index contributed by atoms with van der Waals surface area (Å²) in [5, 5.41) is 7.94. The number of rotatable bonds is 2. The second-order valence-electron chi connectivity index (χ2n) is 1.23. The standard InChI is InChI=1S/C4H8NOP/c1-2-7(6)4-3-5/h7H,2,4H2,1H3. The lowest BCUT2D eigenvalue weighted by Gasteiger charge is -1.81. The summed E-state index contributed by atoms with van der Waals surface area (Å²) in [5.74, 6) is 0. The molecule has 0 aromatic rings. The van der Waals surface area contributed by atoms with Gasteiger partial charge in [-0.05, 0) is 6.16 Å². The third-order valence-electron chi connectivity index (χ3n) is 0.671. The topological polar surface area (TPSA) is 40.9 Å². The van der Waals surface area contributed by atoms with Crippen molar-refractivity contribution in [2.75, 3.05) is 12.3 Å². The summed E-state index contributed by atoms with van der Waals surface area (Å²) in [7, 11) is -1.49. The molecule has 0 heterocycles. The first-order valence-electron chi connectivity index (χ1n) is 2.20. The van der Waals surface area contributed by atoms with Gasteiger partial charge in [0.15, 0.2) is 0 Å². The van der Waals surface area contributed by atoms with Gasteiger partial charge < -0.3 is 4.57 Å². The van der Waals surface area contributed by atoms with Crippen LogP contribution in [0.25, 0.3) is 0 Å². The van der Waals surface area contributed by atoms with E-state index in [1.807, 2.05) is 13.0 Å². The van der Waals surface area contributed by atoms with Gasteiger partial charge >= 0.3 is 0 Å². The number of nitriles is 1. The molecule has 40 valence electrons. The molecule has 0 rings (SSSR count). The van der Waals surface area contributed by atoms with Gasteiger partial charge in [0.05, 0.1) is 20.0 Å². The maximum absolute atomic E-state index is 10.4. The summed E-state index contributed by atoms with van der Waals surface area (Å²) in [5.41, 5.74) is 0. The third kappa shape index (κ3) is 3.55. The Morgan fingerprint density at radius 1 is 1.86 bits per heavy atom. The molecule has 0 aliphatic carbocycles. The largest absolute Gasteiger partial charge is 0.326 e. The van der Waals surface area contributed by atoms with Crippen molar-refractivity contribution in [1.82, 2.24) is 0 Å². The van der Waals surface area contributed by atoms with E-state index in [-0.39, 0.29) is 6.16 Å². The molecule has 0 spiro atoms. The minimum atomic E-state index is -1.49. The van der Waals surface area contributed by atoms with Gasteiger partial charge in [-0.15, -0.1) is 0 Å². The zero-order chi connectivity index (χ0) is 5.70. The molecule has 1 unspecified atom stereocenters. The van der Waals surface area contributed by atoms with Crippen LogP contribution in [-0.4, -0.2) is 12.3 Å². The van der Waals surface area contributed by atoms with Crippen molar-refractivity contribution in [2.24, 2.45) is 0 Å². The second kappa shape index (κ2) is 3.89. The van der Waals surface area contributed by atoms with Gasteiger partial charge in [-0.2, -0.15) is 5.26 Å². The van der Waals surface area contributed by atoms with Crippen molar-refractivity contribution in [1.29, 1.82) is 5.26 Å². The van der Waals surface area contributed by atoms with Gasteiger partial charge in [-0.1, -0.05) is 6.92 Å². The van der Waals surface area contributed by atoms with Crippen LogP contribution >= 0.6 is 7.80 Å². The first-order valence-corrected chi connectivity index (χ1v) is 4.02. The normalized spacial score (nSPS) is 12.6. The lowest BCUT2D eigenvalue weighted by atomic mass is 10.9. The van der Waals surface area contributed by atoms with Crippen LogP contribution in [0.3, 0.4) is 0 Å². The fourth-order valence-corrected chi connectivity index (χ4v) is 0.640. The van der Waals surface area contributed by atoms with Crippen molar-refractivity contribution in [3.05, 3.63) is 0 Å². The van der Waals surface area contributed by atoms with E-state index in [2.05, 4.69) is 0 Å². The molecule has 0 amide bonds. The molecule has 1 atom stereocenters. The average Bonchev–Trinajstić information content (AvgIpc) is 1.68. The quantitative estimate of drug-likeness (QED) is 0.508. The molecule has 0 saturated carbocycles. The molecule has 0 saturated heterocycles. The van der Waals surface area contributed by atoms with E-state index in [1.165, 1.54) is 0 Å². The molecule has 2 nitrogen and oxygen atoms in total. The van der Waals surface area contributed by atoms with Crippen LogP contribution in [-0.2, 0) is 4.57 Å². The highest BCUT2D eigenvalue weighted by atomic mass is 31.1. The monoisotopic (exact) mass is 117 g/mol. The van der Waals surface area contributed by atoms with Crippen molar-refractivity contribution in [3.63, 3.8) is 0 Å². The highest BCUT2D eigenvalue weighted by Crippen LogP contribution is 2.16. The van der Waals surface area contributed by atoms with Crippen LogP contribution in [0.4, 0.5) is 0 Å². The van der Waals surface area contributed by atoms with Crippen molar-refractivity contribution in [2.45, 2.75) is 6.92 Å². The van der Waals surface area contributed by atoms with Crippen LogP contribution in [0.1, 0.15) is 6.92 Å². The molecule has 0 aromatic heterocycles. The summed E-state index contributed by atoms with van der Waals surface area (Å²) < 4.78 is 10.4. The van der Waals surface area contributed by atoms with E-state index in [4.69, 9.17) is 5.26 Å². The Balaban J connectivity index is 3.23. The van der Waals surface area contributed by atoms with Crippen molar-refractivity contribution < 1.29 is 4.57 Å². The summed E-state index contributed by atoms with van der Waals surface area (Å²) in [6.45, 7) is 1.83. The smallest absolute Gasteiger partial charge is 0.0894 e. The van der Waals surface area contributed by atoms with Crippen molar-refractivity contribution in [3.8, 4) is 6.07 Å². The maximum Gasteiger partial charge on any atom is 0.0894 e. The van der Waals surface area contributed by atoms with Crippen LogP contribution in [0.5, 0.6) is 0 Å². The first kappa shape index (κ1) is 6.72. The Kier molecular flexibility index (Phi) is 3.74. The Labute approximate surface area is 43.9 Å². The van der Waals surface area contributed by atoms with Gasteiger partial charge in [0, 0.05) is 0 Å². The van der Waals surface area contributed by atoms with E-state index < -0.39 is 7.80 Å². The van der Waals surface area contributed by atoms with Gasteiger partial charge in [0.1, 0.15) is 0 Å². The molecule has 0 aliphatic rings. The third-order valence-corrected chi connectivity index (χ3v) is 2.01. The zero-order valence-corrected chi connectivity index (χ0v) is 5.27. The molecule has 0 bridgehead atoms. The molecular weight excluding hydrogens is 109 g/mol. The summed E-state index contributed by atoms with van der Waals surface area (Å²) in [6, 6.07) is 1.85.